The molecular weight excluding hydrogens is 484 g/mol. The number of ketones is 2. The third-order valence-electron chi connectivity index (χ3n) is 7.59. The third-order valence-corrected chi connectivity index (χ3v) is 9.64. The van der Waals surface area contributed by atoms with Gasteiger partial charge in [0.1, 0.15) is 10.8 Å². The van der Waals surface area contributed by atoms with E-state index in [1.807, 2.05) is 12.2 Å². The van der Waals surface area contributed by atoms with Crippen LogP contribution >= 0.6 is 31.9 Å². The lowest BCUT2D eigenvalue weighted by Crippen LogP contribution is -2.91. The van der Waals surface area contributed by atoms with Crippen LogP contribution in [0.3, 0.4) is 0 Å². The van der Waals surface area contributed by atoms with Crippen LogP contribution < -0.4 is 0 Å². The first-order chi connectivity index (χ1) is 12.8. The molecular formula is C19H14Br2O6. The molecule has 2 fully saturated rings. The number of Topliss-reactive ketones (excluding diaryl/α,β-unsaturated/α-hetero) is 2. The predicted octanol–water partition coefficient (Wildman–Crippen LogP) is 2.22. The van der Waals surface area contributed by atoms with Gasteiger partial charge in [0.05, 0.1) is 34.0 Å². The Morgan fingerprint density at radius 1 is 0.889 bits per heavy atom. The largest absolute Gasteiger partial charge is 0.468 e. The summed E-state index contributed by atoms with van der Waals surface area (Å²) in [5, 5.41) is 0. The average Bonchev–Trinajstić information content (AvgIpc) is 3.23. The molecule has 0 aromatic carbocycles. The van der Waals surface area contributed by atoms with Gasteiger partial charge in [0.25, 0.3) is 0 Å². The van der Waals surface area contributed by atoms with Gasteiger partial charge in [-0.3, -0.25) is 19.2 Å². The summed E-state index contributed by atoms with van der Waals surface area (Å²) in [7, 11) is 2.45. The van der Waals surface area contributed by atoms with Crippen molar-refractivity contribution >= 4 is 55.4 Å². The summed E-state index contributed by atoms with van der Waals surface area (Å²) < 4.78 is 10.3. The van der Waals surface area contributed by atoms with E-state index in [1.54, 1.807) is 12.2 Å². The first kappa shape index (κ1) is 17.6. The van der Waals surface area contributed by atoms with Gasteiger partial charge in [-0.1, -0.05) is 24.3 Å². The zero-order valence-corrected chi connectivity index (χ0v) is 17.5. The SMILES string of the molecule is COC(=O)[C@@]12C=C[C@]1(C(=O)OC)[C@@]13C(=O)C(Br)=C(Br)C(=O)[C@@]21[C@@H]1C=C[C@H]3C1. The highest BCUT2D eigenvalue weighted by Gasteiger charge is 3.03. The molecule has 140 valence electrons. The summed E-state index contributed by atoms with van der Waals surface area (Å²) in [4.78, 5) is 53.6. The number of hydrogen-bond donors (Lipinski definition) is 0. The van der Waals surface area contributed by atoms with Gasteiger partial charge in [0.2, 0.25) is 0 Å². The van der Waals surface area contributed by atoms with Crippen molar-refractivity contribution in [2.45, 2.75) is 6.42 Å². The Morgan fingerprint density at radius 2 is 1.26 bits per heavy atom. The summed E-state index contributed by atoms with van der Waals surface area (Å²) in [6.45, 7) is 0. The van der Waals surface area contributed by atoms with Crippen molar-refractivity contribution in [3.63, 3.8) is 0 Å². The Bertz CT molecular complexity index is 905. The molecule has 0 unspecified atom stereocenters. The number of allylic oxidation sites excluding steroid dienone is 4. The Morgan fingerprint density at radius 3 is 1.56 bits per heavy atom. The number of rotatable bonds is 2. The number of halogens is 2. The van der Waals surface area contributed by atoms with E-state index in [0.717, 1.165) is 0 Å². The highest BCUT2D eigenvalue weighted by atomic mass is 79.9. The second-order valence-corrected chi connectivity index (χ2v) is 9.25. The molecule has 5 aliphatic carbocycles. The van der Waals surface area contributed by atoms with Crippen molar-refractivity contribution in [2.24, 2.45) is 33.5 Å². The van der Waals surface area contributed by atoms with Gasteiger partial charge < -0.3 is 9.47 Å². The molecule has 0 radical (unpaired) electrons. The fourth-order valence-corrected chi connectivity index (χ4v) is 8.06. The normalized spacial score (nSPS) is 47.7. The number of carbonyl (C=O) groups is 4. The minimum atomic E-state index is -1.55. The molecule has 2 bridgehead atoms. The topological polar surface area (TPSA) is 86.7 Å². The number of methoxy groups -OCH3 is 2. The van der Waals surface area contributed by atoms with Crippen molar-refractivity contribution in [1.29, 1.82) is 0 Å². The Hall–Kier alpha value is -1.54. The number of fused-ring (bicyclic) bond motifs is 3. The van der Waals surface area contributed by atoms with E-state index < -0.39 is 33.6 Å². The molecule has 5 rings (SSSR count). The van der Waals surface area contributed by atoms with E-state index in [9.17, 15) is 19.2 Å². The maximum atomic E-state index is 13.7. The van der Waals surface area contributed by atoms with Gasteiger partial charge in [-0.25, -0.2) is 0 Å². The van der Waals surface area contributed by atoms with E-state index in [4.69, 9.17) is 9.47 Å². The first-order valence-electron chi connectivity index (χ1n) is 8.47. The van der Waals surface area contributed by atoms with Crippen LogP contribution in [0.1, 0.15) is 6.42 Å². The molecule has 0 heterocycles. The summed E-state index contributed by atoms with van der Waals surface area (Å²) in [5.74, 6) is -2.75. The number of ether oxygens (including phenoxy) is 2. The standard InChI is InChI=1S/C19H14Br2O6/c1-26-14(24)16-5-6-17(16,15(25)27-2)19-9-4-3-8(7-9)18(16,19)12(22)10(20)11(21)13(19)23/h3-6,8-9H,7H2,1-2H3/t8-,9+,16+,17-,18+,19-. The maximum absolute atomic E-state index is 13.7. The van der Waals surface area contributed by atoms with Crippen LogP contribution in [0.15, 0.2) is 33.3 Å². The second-order valence-electron chi connectivity index (χ2n) is 7.67. The third kappa shape index (κ3) is 1.18. The predicted molar refractivity (Wildman–Crippen MR) is 98.5 cm³/mol. The van der Waals surface area contributed by atoms with Crippen molar-refractivity contribution in [3.8, 4) is 0 Å². The van der Waals surface area contributed by atoms with Gasteiger partial charge in [0, 0.05) is 0 Å². The van der Waals surface area contributed by atoms with Crippen LogP contribution in [-0.2, 0) is 28.7 Å². The second kappa shape index (κ2) is 4.71. The highest BCUT2D eigenvalue weighted by molar-refractivity contribution is 9.14. The van der Waals surface area contributed by atoms with Crippen molar-refractivity contribution in [3.05, 3.63) is 33.3 Å². The highest BCUT2D eigenvalue weighted by Crippen LogP contribution is 2.94. The zero-order chi connectivity index (χ0) is 19.6. The molecule has 6 nitrogen and oxygen atoms in total. The number of hydrogen-bond acceptors (Lipinski definition) is 6. The molecule has 0 aromatic heterocycles. The van der Waals surface area contributed by atoms with E-state index in [0.29, 0.717) is 6.42 Å². The Labute approximate surface area is 171 Å². The molecule has 6 atom stereocenters. The van der Waals surface area contributed by atoms with Gasteiger partial charge in [-0.2, -0.15) is 0 Å². The van der Waals surface area contributed by atoms with Gasteiger partial charge in [0.15, 0.2) is 11.6 Å². The maximum Gasteiger partial charge on any atom is 0.318 e. The van der Waals surface area contributed by atoms with Crippen LogP contribution in [0.25, 0.3) is 0 Å². The summed E-state index contributed by atoms with van der Waals surface area (Å²) >= 11 is 6.49. The van der Waals surface area contributed by atoms with Crippen LogP contribution in [-0.4, -0.2) is 37.7 Å². The minimum absolute atomic E-state index is 0.103. The summed E-state index contributed by atoms with van der Waals surface area (Å²) in [5.41, 5.74) is -5.87. The van der Waals surface area contributed by atoms with Gasteiger partial charge in [-0.15, -0.1) is 0 Å². The van der Waals surface area contributed by atoms with E-state index in [-0.39, 0.29) is 32.4 Å². The number of carbonyl (C=O) groups excluding carboxylic acids is 4. The molecule has 0 amide bonds. The Kier molecular flexibility index (Phi) is 3.06. The molecule has 0 aliphatic heterocycles. The molecule has 0 aromatic rings. The monoisotopic (exact) mass is 496 g/mol. The number of esters is 2. The van der Waals surface area contributed by atoms with Crippen molar-refractivity contribution in [2.75, 3.05) is 14.2 Å². The smallest absolute Gasteiger partial charge is 0.318 e. The van der Waals surface area contributed by atoms with E-state index >= 15 is 0 Å². The summed E-state index contributed by atoms with van der Waals surface area (Å²) in [6, 6.07) is 0. The average molecular weight is 498 g/mol. The molecule has 5 aliphatic rings. The molecule has 0 spiro atoms. The molecule has 2 saturated carbocycles. The molecule has 27 heavy (non-hydrogen) atoms. The van der Waals surface area contributed by atoms with Crippen LogP contribution in [0.5, 0.6) is 0 Å². The van der Waals surface area contributed by atoms with Gasteiger partial charge >= 0.3 is 11.9 Å². The summed E-state index contributed by atoms with van der Waals surface area (Å²) in [6.07, 6.45) is 7.44. The lowest BCUT2D eigenvalue weighted by molar-refractivity contribution is -0.285. The lowest BCUT2D eigenvalue weighted by Gasteiger charge is -2.80. The fraction of sp³-hybridized carbons (Fsp3) is 0.474. The lowest BCUT2D eigenvalue weighted by atomic mass is 9.16. The van der Waals surface area contributed by atoms with Crippen LogP contribution in [0.4, 0.5) is 0 Å². The quantitative estimate of drug-likeness (QED) is 0.429. The van der Waals surface area contributed by atoms with Crippen LogP contribution in [0, 0.1) is 33.5 Å². The first-order valence-corrected chi connectivity index (χ1v) is 10.1. The van der Waals surface area contributed by atoms with Gasteiger partial charge in [-0.05, 0) is 50.1 Å². The van der Waals surface area contributed by atoms with Crippen molar-refractivity contribution in [1.82, 2.24) is 0 Å². The molecule has 0 N–H and O–H groups in total. The van der Waals surface area contributed by atoms with Crippen LogP contribution in [0.2, 0.25) is 0 Å². The van der Waals surface area contributed by atoms with Crippen molar-refractivity contribution < 1.29 is 28.7 Å². The molecule has 8 heteroatoms. The van der Waals surface area contributed by atoms with E-state index in [1.165, 1.54) is 14.2 Å². The Balaban J connectivity index is 1.96. The molecule has 0 saturated heterocycles. The fourth-order valence-electron chi connectivity index (χ4n) is 7.07. The van der Waals surface area contributed by atoms with E-state index in [2.05, 4.69) is 31.9 Å². The minimum Gasteiger partial charge on any atom is -0.468 e. The zero-order valence-electron chi connectivity index (χ0n) is 14.4.